The number of rotatable bonds is 5. The molecule has 3 heterocycles. The Hall–Kier alpha value is -2.54. The van der Waals surface area contributed by atoms with Crippen LogP contribution in [0.3, 0.4) is 0 Å². The Labute approximate surface area is 198 Å². The molecular weight excluding hydrogens is 440 g/mol. The first-order chi connectivity index (χ1) is 15.6. The molecule has 1 aliphatic heterocycles. The minimum atomic E-state index is 0.367. The molecule has 0 saturated carbocycles. The zero-order valence-corrected chi connectivity index (χ0v) is 19.4. The molecule has 2 aromatic heterocycles. The third-order valence-corrected chi connectivity index (χ3v) is 6.79. The number of likely N-dealkylation sites (tertiary alicyclic amines) is 1. The van der Waals surface area contributed by atoms with Gasteiger partial charge in [-0.25, -0.2) is 4.98 Å². The number of aromatic nitrogens is 3. The van der Waals surface area contributed by atoms with Crippen LogP contribution in [-0.4, -0.2) is 46.5 Å². The Bertz CT molecular complexity index is 1250. The first kappa shape index (κ1) is 21.3. The quantitative estimate of drug-likeness (QED) is 0.453. The standard InChI is InChI=1S/C24H24BCl2N5/c25-19-14-28-32-23(13-22(30-24(19)32)18-6-2-4-8-21(18)27)29-17-9-11-31(12-10-17)15-16-5-1-3-7-20(16)26/h1-8,13-14,17,29H,9-12,15,25H2. The number of benzene rings is 2. The lowest BCUT2D eigenvalue weighted by molar-refractivity contribution is 0.211. The number of piperidine rings is 1. The molecular formula is C24H24BCl2N5. The predicted octanol–water partition coefficient (Wildman–Crippen LogP) is 4.04. The smallest absolute Gasteiger partial charge is 0.151 e. The molecule has 5 rings (SSSR count). The largest absolute Gasteiger partial charge is 0.367 e. The van der Waals surface area contributed by atoms with Crippen LogP contribution in [0, 0.1) is 0 Å². The van der Waals surface area contributed by atoms with Crippen molar-refractivity contribution in [3.05, 3.63) is 76.4 Å². The summed E-state index contributed by atoms with van der Waals surface area (Å²) in [6.45, 7) is 2.93. The lowest BCUT2D eigenvalue weighted by Gasteiger charge is -2.33. The first-order valence-corrected chi connectivity index (χ1v) is 11.7. The average Bonchev–Trinajstić information content (AvgIpc) is 3.18. The Morgan fingerprint density at radius 1 is 1.00 bits per heavy atom. The van der Waals surface area contributed by atoms with Gasteiger partial charge in [-0.1, -0.05) is 59.6 Å². The molecule has 0 unspecified atom stereocenters. The molecule has 0 bridgehead atoms. The van der Waals surface area contributed by atoms with Crippen LogP contribution in [0.15, 0.2) is 60.8 Å². The second-order valence-corrected chi connectivity index (χ2v) is 9.17. The lowest BCUT2D eigenvalue weighted by atomic mass is 10.0. The molecule has 32 heavy (non-hydrogen) atoms. The molecule has 1 aliphatic rings. The monoisotopic (exact) mass is 463 g/mol. The fourth-order valence-corrected chi connectivity index (χ4v) is 4.72. The first-order valence-electron chi connectivity index (χ1n) is 10.9. The highest BCUT2D eigenvalue weighted by molar-refractivity contribution is 6.36. The molecule has 1 fully saturated rings. The van der Waals surface area contributed by atoms with E-state index < -0.39 is 0 Å². The minimum absolute atomic E-state index is 0.367. The van der Waals surface area contributed by atoms with Gasteiger partial charge in [0, 0.05) is 53.5 Å². The minimum Gasteiger partial charge on any atom is -0.367 e. The van der Waals surface area contributed by atoms with E-state index >= 15 is 0 Å². The van der Waals surface area contributed by atoms with Crippen molar-refractivity contribution in [1.82, 2.24) is 19.5 Å². The summed E-state index contributed by atoms with van der Waals surface area (Å²) in [4.78, 5) is 7.31. The molecule has 0 atom stereocenters. The maximum atomic E-state index is 6.46. The van der Waals surface area contributed by atoms with Gasteiger partial charge in [-0.15, -0.1) is 0 Å². The van der Waals surface area contributed by atoms with E-state index in [9.17, 15) is 0 Å². The number of anilines is 1. The molecule has 4 aromatic rings. The van der Waals surface area contributed by atoms with Crippen molar-refractivity contribution in [2.45, 2.75) is 25.4 Å². The van der Waals surface area contributed by atoms with Crippen molar-refractivity contribution in [1.29, 1.82) is 0 Å². The highest BCUT2D eigenvalue weighted by Gasteiger charge is 2.21. The van der Waals surface area contributed by atoms with Crippen LogP contribution in [0.2, 0.25) is 10.0 Å². The van der Waals surface area contributed by atoms with Gasteiger partial charge in [0.1, 0.15) is 13.7 Å². The van der Waals surface area contributed by atoms with Crippen molar-refractivity contribution in [2.24, 2.45) is 0 Å². The van der Waals surface area contributed by atoms with E-state index in [1.807, 2.05) is 61.0 Å². The Kier molecular flexibility index (Phi) is 6.09. The third-order valence-electron chi connectivity index (χ3n) is 6.09. The highest BCUT2D eigenvalue weighted by Crippen LogP contribution is 2.29. The third kappa shape index (κ3) is 4.35. The number of hydrogen-bond donors (Lipinski definition) is 1. The van der Waals surface area contributed by atoms with Crippen LogP contribution >= 0.6 is 23.2 Å². The van der Waals surface area contributed by atoms with Gasteiger partial charge in [0.05, 0.1) is 5.69 Å². The van der Waals surface area contributed by atoms with E-state index in [4.69, 9.17) is 28.2 Å². The summed E-state index contributed by atoms with van der Waals surface area (Å²) in [5.41, 5.74) is 4.85. The van der Waals surface area contributed by atoms with Crippen molar-refractivity contribution >= 4 is 48.0 Å². The number of halogens is 2. The maximum absolute atomic E-state index is 6.46. The predicted molar refractivity (Wildman–Crippen MR) is 135 cm³/mol. The van der Waals surface area contributed by atoms with Crippen LogP contribution in [0.4, 0.5) is 5.82 Å². The van der Waals surface area contributed by atoms with Gasteiger partial charge in [0.15, 0.2) is 5.65 Å². The van der Waals surface area contributed by atoms with Gasteiger partial charge in [0.25, 0.3) is 0 Å². The van der Waals surface area contributed by atoms with Crippen molar-refractivity contribution < 1.29 is 0 Å². The van der Waals surface area contributed by atoms with Crippen molar-refractivity contribution in [3.8, 4) is 11.3 Å². The average molecular weight is 464 g/mol. The number of hydrogen-bond acceptors (Lipinski definition) is 4. The second-order valence-electron chi connectivity index (χ2n) is 8.36. The van der Waals surface area contributed by atoms with Crippen LogP contribution in [-0.2, 0) is 6.54 Å². The van der Waals surface area contributed by atoms with E-state index in [1.54, 1.807) is 0 Å². The fourth-order valence-electron chi connectivity index (χ4n) is 4.29. The summed E-state index contributed by atoms with van der Waals surface area (Å²) in [5, 5.41) is 9.82. The van der Waals surface area contributed by atoms with Gasteiger partial charge in [-0.3, -0.25) is 4.90 Å². The summed E-state index contributed by atoms with van der Waals surface area (Å²) in [6, 6.07) is 18.3. The SMILES string of the molecule is Bc1cnn2c(NC3CCN(Cc4ccccc4Cl)CC3)cc(-c3ccccc3Cl)nc12. The van der Waals surface area contributed by atoms with E-state index in [-0.39, 0.29) is 0 Å². The molecule has 1 N–H and O–H groups in total. The van der Waals surface area contributed by atoms with E-state index in [0.29, 0.717) is 11.1 Å². The number of nitrogens with zero attached hydrogens (tertiary/aromatic N) is 4. The molecule has 8 heteroatoms. The summed E-state index contributed by atoms with van der Waals surface area (Å²) in [5.74, 6) is 0.947. The van der Waals surface area contributed by atoms with Crippen LogP contribution in [0.1, 0.15) is 18.4 Å². The van der Waals surface area contributed by atoms with Gasteiger partial charge in [-0.05, 0) is 36.0 Å². The van der Waals surface area contributed by atoms with Gasteiger partial charge in [-0.2, -0.15) is 9.61 Å². The van der Waals surface area contributed by atoms with Crippen LogP contribution in [0.5, 0.6) is 0 Å². The van der Waals surface area contributed by atoms with Crippen molar-refractivity contribution in [2.75, 3.05) is 18.4 Å². The highest BCUT2D eigenvalue weighted by atomic mass is 35.5. The normalized spacial score (nSPS) is 15.3. The fraction of sp³-hybridized carbons (Fsp3) is 0.250. The van der Waals surface area contributed by atoms with Crippen molar-refractivity contribution in [3.63, 3.8) is 0 Å². The van der Waals surface area contributed by atoms with Gasteiger partial charge < -0.3 is 5.32 Å². The van der Waals surface area contributed by atoms with E-state index in [2.05, 4.69) is 27.4 Å². The van der Waals surface area contributed by atoms with E-state index in [0.717, 1.165) is 65.7 Å². The second kappa shape index (κ2) is 9.14. The summed E-state index contributed by atoms with van der Waals surface area (Å²) >= 11 is 12.8. The summed E-state index contributed by atoms with van der Waals surface area (Å²) in [6.07, 6.45) is 3.96. The molecule has 162 valence electrons. The number of nitrogens with one attached hydrogen (secondary N) is 1. The Balaban J connectivity index is 1.34. The van der Waals surface area contributed by atoms with Crippen LogP contribution in [0.25, 0.3) is 16.9 Å². The summed E-state index contributed by atoms with van der Waals surface area (Å²) < 4.78 is 1.89. The lowest BCUT2D eigenvalue weighted by Crippen LogP contribution is -2.39. The molecule has 1 saturated heterocycles. The molecule has 0 radical (unpaired) electrons. The zero-order chi connectivity index (χ0) is 22.1. The Morgan fingerprint density at radius 2 is 1.72 bits per heavy atom. The molecule has 0 amide bonds. The molecule has 0 spiro atoms. The van der Waals surface area contributed by atoms with Gasteiger partial charge in [0.2, 0.25) is 0 Å². The number of fused-ring (bicyclic) bond motifs is 1. The molecule has 5 nitrogen and oxygen atoms in total. The van der Waals surface area contributed by atoms with E-state index in [1.165, 1.54) is 5.56 Å². The zero-order valence-electron chi connectivity index (χ0n) is 17.9. The topological polar surface area (TPSA) is 45.5 Å². The van der Waals surface area contributed by atoms with Crippen LogP contribution < -0.4 is 10.8 Å². The van der Waals surface area contributed by atoms with Gasteiger partial charge >= 0.3 is 0 Å². The molecule has 0 aliphatic carbocycles. The molecule has 2 aromatic carbocycles. The Morgan fingerprint density at radius 3 is 2.47 bits per heavy atom. The summed E-state index contributed by atoms with van der Waals surface area (Å²) in [7, 11) is 2.03. The maximum Gasteiger partial charge on any atom is 0.151 e.